The maximum absolute atomic E-state index is 13.2. The van der Waals surface area contributed by atoms with Crippen molar-refractivity contribution in [3.63, 3.8) is 0 Å². The molecular formula is C13H16F3N3O3. The maximum Gasteiger partial charge on any atom is 0.419 e. The quantitative estimate of drug-likeness (QED) is 0.869. The van der Waals surface area contributed by atoms with Crippen molar-refractivity contribution in [2.24, 2.45) is 0 Å². The van der Waals surface area contributed by atoms with E-state index in [1.54, 1.807) is 6.92 Å². The van der Waals surface area contributed by atoms with Crippen molar-refractivity contribution in [1.29, 1.82) is 0 Å². The summed E-state index contributed by atoms with van der Waals surface area (Å²) in [5.41, 5.74) is -0.844. The van der Waals surface area contributed by atoms with Gasteiger partial charge in [0.05, 0.1) is 12.2 Å². The van der Waals surface area contributed by atoms with E-state index in [-0.39, 0.29) is 31.0 Å². The predicted octanol–water partition coefficient (Wildman–Crippen LogP) is 1.78. The number of aliphatic hydroxyl groups is 1. The molecule has 1 fully saturated rings. The molecule has 9 heteroatoms. The van der Waals surface area contributed by atoms with Crippen molar-refractivity contribution in [2.75, 3.05) is 24.5 Å². The van der Waals surface area contributed by atoms with E-state index in [1.165, 1.54) is 16.0 Å². The predicted molar refractivity (Wildman–Crippen MR) is 71.6 cm³/mol. The third kappa shape index (κ3) is 3.24. The van der Waals surface area contributed by atoms with Gasteiger partial charge in [0.2, 0.25) is 0 Å². The number of alkyl halides is 3. The number of aliphatic hydroxyl groups excluding tert-OH is 1. The van der Waals surface area contributed by atoms with Gasteiger partial charge < -0.3 is 20.0 Å². The van der Waals surface area contributed by atoms with Gasteiger partial charge in [0.15, 0.2) is 0 Å². The van der Waals surface area contributed by atoms with Gasteiger partial charge >= 0.3 is 12.3 Å². The Morgan fingerprint density at radius 1 is 1.45 bits per heavy atom. The fourth-order valence-corrected chi connectivity index (χ4v) is 2.48. The highest BCUT2D eigenvalue weighted by molar-refractivity contribution is 5.66. The Bertz CT molecular complexity index is 565. The summed E-state index contributed by atoms with van der Waals surface area (Å²) < 4.78 is 39.5. The molecule has 6 nitrogen and oxygen atoms in total. The molecule has 0 saturated carbocycles. The number of amides is 1. The molecule has 22 heavy (non-hydrogen) atoms. The van der Waals surface area contributed by atoms with E-state index >= 15 is 0 Å². The fraction of sp³-hybridized carbons (Fsp3) is 0.538. The van der Waals surface area contributed by atoms with Gasteiger partial charge in [0.1, 0.15) is 5.82 Å². The van der Waals surface area contributed by atoms with Crippen LogP contribution in [0.2, 0.25) is 0 Å². The number of hydrogen-bond donors (Lipinski definition) is 2. The lowest BCUT2D eigenvalue weighted by atomic mass is 10.1. The number of piperazine rings is 1. The molecule has 2 heterocycles. The van der Waals surface area contributed by atoms with Gasteiger partial charge in [0, 0.05) is 31.9 Å². The molecule has 1 amide bonds. The first-order chi connectivity index (χ1) is 10.2. The zero-order chi connectivity index (χ0) is 16.5. The van der Waals surface area contributed by atoms with Crippen molar-refractivity contribution >= 4 is 11.9 Å². The molecule has 1 atom stereocenters. The van der Waals surface area contributed by atoms with E-state index in [0.29, 0.717) is 0 Å². The molecule has 0 aliphatic carbocycles. The fourth-order valence-electron chi connectivity index (χ4n) is 2.48. The van der Waals surface area contributed by atoms with Crippen LogP contribution in [-0.4, -0.2) is 51.9 Å². The molecule has 1 aliphatic heterocycles. The SMILES string of the molecule is CC1CN(c2ncc(CO)cc2C(F)(F)F)CCN1C(=O)O. The number of anilines is 1. The lowest BCUT2D eigenvalue weighted by Gasteiger charge is -2.39. The van der Waals surface area contributed by atoms with Crippen LogP contribution in [0.5, 0.6) is 0 Å². The molecule has 0 aromatic carbocycles. The summed E-state index contributed by atoms with van der Waals surface area (Å²) in [6.45, 7) is 1.47. The number of carboxylic acid groups (broad SMARTS) is 1. The standard InChI is InChI=1S/C13H16F3N3O3/c1-8-6-18(2-3-19(8)12(21)22)11-10(13(14,15)16)4-9(7-20)5-17-11/h4-5,8,20H,2-3,6-7H2,1H3,(H,21,22). The molecule has 1 saturated heterocycles. The van der Waals surface area contributed by atoms with Crippen molar-refractivity contribution in [3.8, 4) is 0 Å². The van der Waals surface area contributed by atoms with E-state index in [0.717, 1.165) is 6.07 Å². The summed E-state index contributed by atoms with van der Waals surface area (Å²) in [7, 11) is 0. The third-order valence-corrected chi connectivity index (χ3v) is 3.58. The summed E-state index contributed by atoms with van der Waals surface area (Å²) in [4.78, 5) is 17.4. The highest BCUT2D eigenvalue weighted by Gasteiger charge is 2.38. The van der Waals surface area contributed by atoms with Gasteiger partial charge in [-0.3, -0.25) is 0 Å². The second kappa shape index (κ2) is 5.99. The molecule has 2 N–H and O–H groups in total. The summed E-state index contributed by atoms with van der Waals surface area (Å²) in [5.74, 6) is -0.235. The Hall–Kier alpha value is -2.03. The number of nitrogens with zero attached hydrogens (tertiary/aromatic N) is 3. The molecule has 122 valence electrons. The van der Waals surface area contributed by atoms with E-state index in [2.05, 4.69) is 4.98 Å². The van der Waals surface area contributed by atoms with Crippen LogP contribution < -0.4 is 4.90 Å². The zero-order valence-electron chi connectivity index (χ0n) is 11.8. The van der Waals surface area contributed by atoms with Crippen LogP contribution >= 0.6 is 0 Å². The van der Waals surface area contributed by atoms with Gasteiger partial charge in [-0.15, -0.1) is 0 Å². The summed E-state index contributed by atoms with van der Waals surface area (Å²) in [6.07, 6.45) is -4.49. The first-order valence-corrected chi connectivity index (χ1v) is 6.65. The van der Waals surface area contributed by atoms with Crippen LogP contribution in [0.1, 0.15) is 18.1 Å². The number of pyridine rings is 1. The topological polar surface area (TPSA) is 76.9 Å². The molecule has 1 unspecified atom stereocenters. The summed E-state index contributed by atoms with van der Waals surface area (Å²) >= 11 is 0. The average Bonchev–Trinajstić information content (AvgIpc) is 2.45. The van der Waals surface area contributed by atoms with Crippen LogP contribution in [0.3, 0.4) is 0 Å². The molecule has 0 bridgehead atoms. The molecule has 1 aliphatic rings. The highest BCUT2D eigenvalue weighted by Crippen LogP contribution is 2.36. The number of rotatable bonds is 2. The number of carbonyl (C=O) groups is 1. The van der Waals surface area contributed by atoms with Crippen molar-refractivity contribution in [1.82, 2.24) is 9.88 Å². The molecule has 1 aromatic rings. The Kier molecular flexibility index (Phi) is 4.45. The van der Waals surface area contributed by atoms with Crippen LogP contribution in [0.4, 0.5) is 23.8 Å². The molecule has 1 aromatic heterocycles. The Balaban J connectivity index is 2.31. The number of aromatic nitrogens is 1. The van der Waals surface area contributed by atoms with E-state index in [4.69, 9.17) is 10.2 Å². The zero-order valence-corrected chi connectivity index (χ0v) is 11.8. The van der Waals surface area contributed by atoms with E-state index in [1.807, 2.05) is 0 Å². The smallest absolute Gasteiger partial charge is 0.419 e. The first-order valence-electron chi connectivity index (χ1n) is 6.65. The lowest BCUT2D eigenvalue weighted by molar-refractivity contribution is -0.137. The third-order valence-electron chi connectivity index (χ3n) is 3.58. The van der Waals surface area contributed by atoms with Crippen LogP contribution in [-0.2, 0) is 12.8 Å². The van der Waals surface area contributed by atoms with Gasteiger partial charge in [0.25, 0.3) is 0 Å². The molecular weight excluding hydrogens is 303 g/mol. The molecule has 0 radical (unpaired) electrons. The van der Waals surface area contributed by atoms with Crippen LogP contribution in [0.15, 0.2) is 12.3 Å². The van der Waals surface area contributed by atoms with Gasteiger partial charge in [-0.2, -0.15) is 13.2 Å². The largest absolute Gasteiger partial charge is 0.465 e. The summed E-state index contributed by atoms with van der Waals surface area (Å²) in [6, 6.07) is 0.433. The minimum Gasteiger partial charge on any atom is -0.465 e. The van der Waals surface area contributed by atoms with Crippen molar-refractivity contribution < 1.29 is 28.2 Å². The molecule has 2 rings (SSSR count). The Labute approximate surface area is 124 Å². The summed E-state index contributed by atoms with van der Waals surface area (Å²) in [5, 5.41) is 18.0. The number of halogens is 3. The van der Waals surface area contributed by atoms with E-state index in [9.17, 15) is 18.0 Å². The number of hydrogen-bond acceptors (Lipinski definition) is 4. The lowest BCUT2D eigenvalue weighted by Crippen LogP contribution is -2.54. The molecule has 0 spiro atoms. The van der Waals surface area contributed by atoms with Gasteiger partial charge in [-0.1, -0.05) is 0 Å². The Morgan fingerprint density at radius 2 is 2.14 bits per heavy atom. The van der Waals surface area contributed by atoms with Gasteiger partial charge in [-0.05, 0) is 18.6 Å². The Morgan fingerprint density at radius 3 is 2.64 bits per heavy atom. The normalized spacial score (nSPS) is 19.4. The minimum absolute atomic E-state index is 0.0771. The second-order valence-electron chi connectivity index (χ2n) is 5.14. The first kappa shape index (κ1) is 16.3. The van der Waals surface area contributed by atoms with Crippen molar-refractivity contribution in [3.05, 3.63) is 23.4 Å². The highest BCUT2D eigenvalue weighted by atomic mass is 19.4. The maximum atomic E-state index is 13.2. The average molecular weight is 319 g/mol. The minimum atomic E-state index is -4.60. The van der Waals surface area contributed by atoms with Gasteiger partial charge in [-0.25, -0.2) is 9.78 Å². The van der Waals surface area contributed by atoms with E-state index < -0.39 is 30.5 Å². The van der Waals surface area contributed by atoms with Crippen LogP contribution in [0, 0.1) is 0 Å². The monoisotopic (exact) mass is 319 g/mol. The van der Waals surface area contributed by atoms with Crippen LogP contribution in [0.25, 0.3) is 0 Å². The second-order valence-corrected chi connectivity index (χ2v) is 5.14. The van der Waals surface area contributed by atoms with Crippen molar-refractivity contribution in [2.45, 2.75) is 25.7 Å².